The van der Waals surface area contributed by atoms with Crippen LogP contribution in [0, 0.1) is 5.82 Å². The van der Waals surface area contributed by atoms with Gasteiger partial charge >= 0.3 is 0 Å². The number of likely N-dealkylation sites (tertiary alicyclic amines) is 1. The second-order valence-electron chi connectivity index (χ2n) is 10.2. The molecule has 1 fully saturated rings. The molecular formula is C31H28FN7. The third kappa shape index (κ3) is 4.68. The van der Waals surface area contributed by atoms with Gasteiger partial charge in [0.05, 0.1) is 28.4 Å². The number of halogens is 1. The van der Waals surface area contributed by atoms with Crippen molar-refractivity contribution in [2.24, 2.45) is 0 Å². The number of hydrogen-bond donors (Lipinski definition) is 2. The number of aromatic amines is 2. The van der Waals surface area contributed by atoms with Crippen LogP contribution in [-0.4, -0.2) is 54.7 Å². The van der Waals surface area contributed by atoms with E-state index >= 15 is 0 Å². The monoisotopic (exact) mass is 517 g/mol. The quantitative estimate of drug-likeness (QED) is 0.256. The highest BCUT2D eigenvalue weighted by atomic mass is 19.1. The van der Waals surface area contributed by atoms with E-state index in [2.05, 4.69) is 36.1 Å². The molecule has 0 radical (unpaired) electrons. The van der Waals surface area contributed by atoms with Gasteiger partial charge in [-0.3, -0.25) is 15.1 Å². The lowest BCUT2D eigenvalue weighted by atomic mass is 9.99. The van der Waals surface area contributed by atoms with Gasteiger partial charge in [-0.05, 0) is 92.8 Å². The number of nitrogens with one attached hydrogen (secondary N) is 2. The molecule has 2 N–H and O–H groups in total. The van der Waals surface area contributed by atoms with Crippen LogP contribution < -0.4 is 0 Å². The third-order valence-electron chi connectivity index (χ3n) is 7.57. The molecule has 0 amide bonds. The summed E-state index contributed by atoms with van der Waals surface area (Å²) in [6.07, 6.45) is 9.76. The van der Waals surface area contributed by atoms with Crippen LogP contribution in [0.5, 0.6) is 0 Å². The van der Waals surface area contributed by atoms with Crippen LogP contribution >= 0.6 is 0 Å². The van der Waals surface area contributed by atoms with Crippen LogP contribution in [0.1, 0.15) is 24.8 Å². The van der Waals surface area contributed by atoms with E-state index in [4.69, 9.17) is 4.98 Å². The van der Waals surface area contributed by atoms with Crippen molar-refractivity contribution < 1.29 is 4.39 Å². The molecule has 0 saturated carbocycles. The van der Waals surface area contributed by atoms with E-state index in [1.807, 2.05) is 36.4 Å². The van der Waals surface area contributed by atoms with Crippen LogP contribution in [0.2, 0.25) is 0 Å². The third-order valence-corrected chi connectivity index (χ3v) is 7.57. The molecule has 0 atom stereocenters. The van der Waals surface area contributed by atoms with Gasteiger partial charge in [-0.2, -0.15) is 5.10 Å². The number of imidazole rings is 1. The van der Waals surface area contributed by atoms with Gasteiger partial charge in [0, 0.05) is 28.9 Å². The van der Waals surface area contributed by atoms with Gasteiger partial charge in [-0.1, -0.05) is 18.2 Å². The Kier molecular flexibility index (Phi) is 6.09. The van der Waals surface area contributed by atoms with E-state index < -0.39 is 0 Å². The lowest BCUT2D eigenvalue weighted by Gasteiger charge is -2.14. The first-order chi connectivity index (χ1) is 19.2. The summed E-state index contributed by atoms with van der Waals surface area (Å²) < 4.78 is 14.8. The van der Waals surface area contributed by atoms with E-state index in [9.17, 15) is 4.39 Å². The van der Waals surface area contributed by atoms with Gasteiger partial charge in [0.2, 0.25) is 0 Å². The van der Waals surface area contributed by atoms with E-state index in [1.165, 1.54) is 25.9 Å². The van der Waals surface area contributed by atoms with E-state index in [0.29, 0.717) is 11.5 Å². The van der Waals surface area contributed by atoms with Crippen LogP contribution in [-0.2, 0) is 6.42 Å². The number of aryl methyl sites for hydroxylation is 1. The average Bonchev–Trinajstić information content (AvgIpc) is 3.72. The number of para-hydroxylation sites is 1. The highest BCUT2D eigenvalue weighted by molar-refractivity contribution is 5.97. The Morgan fingerprint density at radius 1 is 0.923 bits per heavy atom. The maximum absolute atomic E-state index is 14.8. The Bertz CT molecular complexity index is 1770. The molecule has 6 aromatic rings. The predicted molar refractivity (Wildman–Crippen MR) is 152 cm³/mol. The molecule has 0 spiro atoms. The fraction of sp³-hybridized carbons (Fsp3) is 0.226. The van der Waals surface area contributed by atoms with Crippen molar-refractivity contribution >= 4 is 21.9 Å². The largest absolute Gasteiger partial charge is 0.337 e. The summed E-state index contributed by atoms with van der Waals surface area (Å²) in [5.74, 6) is 0.434. The molecule has 39 heavy (non-hydrogen) atoms. The van der Waals surface area contributed by atoms with Crippen molar-refractivity contribution in [2.45, 2.75) is 25.7 Å². The number of fused-ring (bicyclic) bond motifs is 2. The summed E-state index contributed by atoms with van der Waals surface area (Å²) in [6.45, 7) is 3.44. The molecule has 0 aliphatic carbocycles. The molecule has 7 nitrogen and oxygen atoms in total. The fourth-order valence-electron chi connectivity index (χ4n) is 5.62. The normalized spacial score (nSPS) is 14.1. The molecule has 1 saturated heterocycles. The Morgan fingerprint density at radius 3 is 2.67 bits per heavy atom. The van der Waals surface area contributed by atoms with Crippen LogP contribution in [0.25, 0.3) is 55.8 Å². The van der Waals surface area contributed by atoms with Gasteiger partial charge in [0.1, 0.15) is 11.5 Å². The van der Waals surface area contributed by atoms with Crippen LogP contribution in [0.15, 0.2) is 73.2 Å². The molecule has 5 heterocycles. The second kappa shape index (κ2) is 10.0. The van der Waals surface area contributed by atoms with Crippen molar-refractivity contribution in [3.05, 3.63) is 84.6 Å². The molecule has 194 valence electrons. The zero-order chi connectivity index (χ0) is 26.2. The number of hydrogen-bond acceptors (Lipinski definition) is 5. The Hall–Kier alpha value is -4.43. The van der Waals surface area contributed by atoms with Crippen molar-refractivity contribution in [3.8, 4) is 33.9 Å². The molecule has 1 aliphatic rings. The number of pyridine rings is 2. The lowest BCUT2D eigenvalue weighted by molar-refractivity contribution is 0.334. The number of benzene rings is 2. The summed E-state index contributed by atoms with van der Waals surface area (Å²) in [4.78, 5) is 19.6. The van der Waals surface area contributed by atoms with Gasteiger partial charge in [0.15, 0.2) is 5.82 Å². The predicted octanol–water partition coefficient (Wildman–Crippen LogP) is 6.40. The maximum Gasteiger partial charge on any atom is 0.159 e. The zero-order valence-electron chi connectivity index (χ0n) is 21.5. The zero-order valence-corrected chi connectivity index (χ0v) is 21.5. The van der Waals surface area contributed by atoms with Crippen molar-refractivity contribution in [3.63, 3.8) is 0 Å². The van der Waals surface area contributed by atoms with Gasteiger partial charge in [-0.15, -0.1) is 0 Å². The Morgan fingerprint density at radius 2 is 1.79 bits per heavy atom. The molecular weight excluding hydrogens is 489 g/mol. The maximum atomic E-state index is 14.8. The molecule has 8 heteroatoms. The minimum Gasteiger partial charge on any atom is -0.337 e. The van der Waals surface area contributed by atoms with Crippen LogP contribution in [0.4, 0.5) is 4.39 Å². The van der Waals surface area contributed by atoms with Crippen molar-refractivity contribution in [1.82, 2.24) is 35.0 Å². The lowest BCUT2D eigenvalue weighted by Crippen LogP contribution is -2.20. The summed E-state index contributed by atoms with van der Waals surface area (Å²) in [5, 5.41) is 8.55. The minimum absolute atomic E-state index is 0.217. The topological polar surface area (TPSA) is 86.4 Å². The number of aromatic nitrogens is 6. The molecule has 1 aliphatic heterocycles. The van der Waals surface area contributed by atoms with Gasteiger partial charge in [-0.25, -0.2) is 9.37 Å². The second-order valence-corrected chi connectivity index (χ2v) is 10.2. The minimum atomic E-state index is -0.217. The molecule has 0 bridgehead atoms. The molecule has 7 rings (SSSR count). The molecule has 2 aromatic carbocycles. The first-order valence-electron chi connectivity index (χ1n) is 13.5. The average molecular weight is 518 g/mol. The van der Waals surface area contributed by atoms with Crippen molar-refractivity contribution in [2.75, 3.05) is 19.6 Å². The fourth-order valence-corrected chi connectivity index (χ4v) is 5.62. The Labute approximate surface area is 225 Å². The Balaban J connectivity index is 1.23. The summed E-state index contributed by atoms with van der Waals surface area (Å²) in [7, 11) is 0. The van der Waals surface area contributed by atoms with E-state index in [-0.39, 0.29) is 5.82 Å². The molecule has 0 unspecified atom stereocenters. The summed E-state index contributed by atoms with van der Waals surface area (Å²) in [6, 6.07) is 17.2. The first kappa shape index (κ1) is 23.7. The van der Waals surface area contributed by atoms with E-state index in [0.717, 1.165) is 69.3 Å². The standard InChI is InChI=1S/C31H28FN7/c32-23-16-20(5-4-14-39-12-1-2-13-39)15-22(17-23)24-6-3-7-26-29(24)36-31(35-26)30-25-18-27(21-8-10-33-11-9-21)34-19-28(25)37-38-30/h3,6-11,15-19H,1-2,4-5,12-14H2,(H,35,36)(H,37,38). The summed E-state index contributed by atoms with van der Waals surface area (Å²) in [5.41, 5.74) is 7.78. The number of H-pyrrole nitrogens is 2. The number of nitrogens with zero attached hydrogens (tertiary/aromatic N) is 5. The van der Waals surface area contributed by atoms with Gasteiger partial charge < -0.3 is 9.88 Å². The van der Waals surface area contributed by atoms with Crippen molar-refractivity contribution in [1.29, 1.82) is 0 Å². The number of rotatable bonds is 7. The highest BCUT2D eigenvalue weighted by Gasteiger charge is 2.17. The van der Waals surface area contributed by atoms with Crippen LogP contribution in [0.3, 0.4) is 0 Å². The SMILES string of the molecule is Fc1cc(CCCN2CCCC2)cc(-c2cccc3[nH]c(-c4n[nH]c5cnc(-c6ccncc6)cc45)nc23)c1. The smallest absolute Gasteiger partial charge is 0.159 e. The van der Waals surface area contributed by atoms with E-state index in [1.54, 1.807) is 30.7 Å². The molecule has 4 aromatic heterocycles. The van der Waals surface area contributed by atoms with Gasteiger partial charge in [0.25, 0.3) is 0 Å². The summed E-state index contributed by atoms with van der Waals surface area (Å²) >= 11 is 0. The highest BCUT2D eigenvalue weighted by Crippen LogP contribution is 2.33. The first-order valence-corrected chi connectivity index (χ1v) is 13.5.